The van der Waals surface area contributed by atoms with Crippen LogP contribution in [-0.4, -0.2) is 24.3 Å². The molecule has 2 aromatic rings. The summed E-state index contributed by atoms with van der Waals surface area (Å²) < 4.78 is 19.1. The van der Waals surface area contributed by atoms with Gasteiger partial charge in [0.1, 0.15) is 6.16 Å². The number of benzene rings is 2. The summed E-state index contributed by atoms with van der Waals surface area (Å²) >= 11 is 0. The van der Waals surface area contributed by atoms with Gasteiger partial charge in [0.15, 0.2) is 7.14 Å². The quantitative estimate of drug-likeness (QED) is 0.351. The van der Waals surface area contributed by atoms with Gasteiger partial charge in [-0.05, 0) is 31.4 Å². The number of aryl methyl sites for hydroxylation is 2. The third-order valence-corrected chi connectivity index (χ3v) is 7.27. The van der Waals surface area contributed by atoms with Gasteiger partial charge in [0, 0.05) is 10.9 Å². The molecule has 1 atom stereocenters. The normalized spacial score (nSPS) is 13.0. The molecule has 144 valence electrons. The first-order valence-electron chi connectivity index (χ1n) is 9.31. The van der Waals surface area contributed by atoms with Gasteiger partial charge in [0.2, 0.25) is 5.52 Å². The van der Waals surface area contributed by atoms with Crippen LogP contribution in [0.3, 0.4) is 0 Å². The Kier molecular flexibility index (Phi) is 7.55. The Morgan fingerprint density at radius 3 is 2.15 bits per heavy atom. The van der Waals surface area contributed by atoms with Gasteiger partial charge in [-0.1, -0.05) is 68.3 Å². The van der Waals surface area contributed by atoms with E-state index in [1.165, 1.54) is 0 Å². The second-order valence-corrected chi connectivity index (χ2v) is 9.45. The van der Waals surface area contributed by atoms with E-state index in [0.29, 0.717) is 17.5 Å². The van der Waals surface area contributed by atoms with Crippen molar-refractivity contribution < 1.29 is 18.9 Å². The van der Waals surface area contributed by atoms with E-state index >= 15 is 0 Å². The van der Waals surface area contributed by atoms with Crippen LogP contribution in [0.2, 0.25) is 0 Å². The molecule has 4 nitrogen and oxygen atoms in total. The van der Waals surface area contributed by atoms with Crippen LogP contribution in [0.25, 0.3) is 0 Å². The molecule has 0 fully saturated rings. The van der Waals surface area contributed by atoms with Crippen molar-refractivity contribution in [2.75, 3.05) is 12.8 Å². The summed E-state index contributed by atoms with van der Waals surface area (Å²) in [6, 6.07) is 14.0. The zero-order chi connectivity index (χ0) is 19.9. The Morgan fingerprint density at radius 1 is 0.926 bits per heavy atom. The number of ether oxygens (including phenoxy) is 1. The van der Waals surface area contributed by atoms with Crippen molar-refractivity contribution in [2.24, 2.45) is 0 Å². The van der Waals surface area contributed by atoms with Crippen LogP contribution in [0.1, 0.15) is 47.7 Å². The highest BCUT2D eigenvalue weighted by molar-refractivity contribution is 7.88. The van der Waals surface area contributed by atoms with E-state index in [1.807, 2.05) is 32.0 Å². The van der Waals surface area contributed by atoms with Gasteiger partial charge in [-0.25, -0.2) is 0 Å². The summed E-state index contributed by atoms with van der Waals surface area (Å²) in [5.41, 5.74) is 1.47. The summed E-state index contributed by atoms with van der Waals surface area (Å²) in [7, 11) is -3.66. The Bertz CT molecular complexity index is 822. The SMILES string of the molecule is CCCCCOC(=O)CP(=O)(C(=O)c1c(C)cccc1C)c1ccccc1. The van der Waals surface area contributed by atoms with Gasteiger partial charge in [-0.15, -0.1) is 0 Å². The van der Waals surface area contributed by atoms with E-state index in [0.717, 1.165) is 30.4 Å². The van der Waals surface area contributed by atoms with Crippen molar-refractivity contribution in [1.82, 2.24) is 0 Å². The van der Waals surface area contributed by atoms with Crippen molar-refractivity contribution in [2.45, 2.75) is 40.0 Å². The number of hydrogen-bond donors (Lipinski definition) is 0. The predicted molar refractivity (Wildman–Crippen MR) is 109 cm³/mol. The predicted octanol–water partition coefficient (Wildman–Crippen LogP) is 4.87. The fourth-order valence-corrected chi connectivity index (χ4v) is 5.43. The van der Waals surface area contributed by atoms with E-state index < -0.39 is 24.8 Å². The van der Waals surface area contributed by atoms with Crippen molar-refractivity contribution in [3.8, 4) is 0 Å². The number of carbonyl (C=O) groups excluding carboxylic acids is 2. The van der Waals surface area contributed by atoms with Crippen LogP contribution < -0.4 is 5.30 Å². The Balaban J connectivity index is 2.36. The minimum Gasteiger partial charge on any atom is -0.465 e. The minimum absolute atomic E-state index is 0.291. The average molecular weight is 386 g/mol. The molecule has 1 unspecified atom stereocenters. The highest BCUT2D eigenvalue weighted by Gasteiger charge is 2.38. The first-order chi connectivity index (χ1) is 12.9. The third kappa shape index (κ3) is 5.17. The fraction of sp³-hybridized carbons (Fsp3) is 0.364. The van der Waals surface area contributed by atoms with Gasteiger partial charge >= 0.3 is 5.97 Å². The highest BCUT2D eigenvalue weighted by Crippen LogP contribution is 2.48. The smallest absolute Gasteiger partial charge is 0.314 e. The number of hydrogen-bond acceptors (Lipinski definition) is 4. The standard InChI is InChI=1S/C22H27O4P/c1-4-5-9-15-26-20(23)16-27(25,19-13-7-6-8-14-19)22(24)21-17(2)11-10-12-18(21)3/h6-8,10-14H,4-5,9,15-16H2,1-3H3. The summed E-state index contributed by atoms with van der Waals surface area (Å²) in [5.74, 6) is -0.585. The maximum atomic E-state index is 13.9. The molecule has 0 bridgehead atoms. The number of rotatable bonds is 9. The van der Waals surface area contributed by atoms with Crippen LogP contribution in [-0.2, 0) is 14.1 Å². The molecule has 0 amide bonds. The van der Waals surface area contributed by atoms with Gasteiger partial charge in [-0.3, -0.25) is 9.59 Å². The lowest BCUT2D eigenvalue weighted by Crippen LogP contribution is -2.23. The number of esters is 1. The molecular weight excluding hydrogens is 359 g/mol. The zero-order valence-corrected chi connectivity index (χ0v) is 17.1. The first kappa shape index (κ1) is 21.1. The van der Waals surface area contributed by atoms with Crippen molar-refractivity contribution >= 4 is 23.9 Å². The van der Waals surface area contributed by atoms with E-state index in [2.05, 4.69) is 6.92 Å². The largest absolute Gasteiger partial charge is 0.465 e. The van der Waals surface area contributed by atoms with Gasteiger partial charge in [-0.2, -0.15) is 0 Å². The monoisotopic (exact) mass is 386 g/mol. The second-order valence-electron chi connectivity index (χ2n) is 6.73. The molecule has 0 aliphatic heterocycles. The lowest BCUT2D eigenvalue weighted by molar-refractivity contribution is -0.140. The molecule has 0 saturated carbocycles. The summed E-state index contributed by atoms with van der Waals surface area (Å²) in [5, 5.41) is 0.392. The summed E-state index contributed by atoms with van der Waals surface area (Å²) in [4.78, 5) is 25.7. The molecule has 0 aromatic heterocycles. The Labute approximate surface area is 161 Å². The summed E-state index contributed by atoms with van der Waals surface area (Å²) in [6.45, 7) is 5.99. The molecule has 0 N–H and O–H groups in total. The van der Waals surface area contributed by atoms with Crippen molar-refractivity contribution in [3.63, 3.8) is 0 Å². The molecule has 2 aromatic carbocycles. The second kappa shape index (κ2) is 9.66. The van der Waals surface area contributed by atoms with Crippen LogP contribution in [0, 0.1) is 13.8 Å². The molecule has 0 saturated heterocycles. The topological polar surface area (TPSA) is 60.4 Å². The van der Waals surface area contributed by atoms with E-state index in [-0.39, 0.29) is 0 Å². The molecule has 0 aliphatic carbocycles. The molecule has 0 radical (unpaired) electrons. The molecule has 0 spiro atoms. The van der Waals surface area contributed by atoms with Gasteiger partial charge in [0.05, 0.1) is 6.61 Å². The number of unbranched alkanes of at least 4 members (excludes halogenated alkanes) is 2. The average Bonchev–Trinajstić information content (AvgIpc) is 2.65. The zero-order valence-electron chi connectivity index (χ0n) is 16.2. The lowest BCUT2D eigenvalue weighted by atomic mass is 10.0. The highest BCUT2D eigenvalue weighted by atomic mass is 31.2. The van der Waals surface area contributed by atoms with Crippen LogP contribution in [0.5, 0.6) is 0 Å². The van der Waals surface area contributed by atoms with Crippen LogP contribution >= 0.6 is 7.14 Å². The third-order valence-electron chi connectivity index (χ3n) is 4.56. The van der Waals surface area contributed by atoms with Crippen LogP contribution in [0.15, 0.2) is 48.5 Å². The first-order valence-corrected chi connectivity index (χ1v) is 11.2. The van der Waals surface area contributed by atoms with Gasteiger partial charge < -0.3 is 9.30 Å². The Hall–Kier alpha value is -2.19. The van der Waals surface area contributed by atoms with Crippen molar-refractivity contribution in [1.29, 1.82) is 0 Å². The number of carbonyl (C=O) groups is 2. The van der Waals surface area contributed by atoms with E-state index in [4.69, 9.17) is 4.74 Å². The lowest BCUT2D eigenvalue weighted by Gasteiger charge is -2.19. The molecule has 2 rings (SSSR count). The Morgan fingerprint density at radius 2 is 1.56 bits per heavy atom. The van der Waals surface area contributed by atoms with Crippen molar-refractivity contribution in [3.05, 3.63) is 65.2 Å². The van der Waals surface area contributed by atoms with Gasteiger partial charge in [0.25, 0.3) is 0 Å². The molecule has 0 aliphatic rings. The molecule has 0 heterocycles. The van der Waals surface area contributed by atoms with E-state index in [9.17, 15) is 14.2 Å². The molecule has 27 heavy (non-hydrogen) atoms. The fourth-order valence-electron chi connectivity index (χ4n) is 3.05. The molecule has 5 heteroatoms. The maximum Gasteiger partial charge on any atom is 0.314 e. The van der Waals surface area contributed by atoms with Crippen LogP contribution in [0.4, 0.5) is 0 Å². The minimum atomic E-state index is -3.66. The molecular formula is C22H27O4P. The van der Waals surface area contributed by atoms with E-state index in [1.54, 1.807) is 30.3 Å². The maximum absolute atomic E-state index is 13.9. The summed E-state index contributed by atoms with van der Waals surface area (Å²) in [6.07, 6.45) is 2.34.